The molecular weight excluding hydrogens is 289 g/mol. The lowest BCUT2D eigenvalue weighted by Gasteiger charge is -2.16. The normalized spacial score (nSPS) is 12.6. The van der Waals surface area contributed by atoms with Gasteiger partial charge in [0.25, 0.3) is 0 Å². The molecule has 1 heterocycles. The number of hydrogen-bond donors (Lipinski definition) is 1. The summed E-state index contributed by atoms with van der Waals surface area (Å²) in [6.07, 6.45) is 0.697. The van der Waals surface area contributed by atoms with Gasteiger partial charge in [-0.05, 0) is 48.4 Å². The number of aliphatic hydroxyl groups is 1. The van der Waals surface area contributed by atoms with Gasteiger partial charge in [-0.25, -0.2) is 4.39 Å². The number of nitrogens with zero attached hydrogens (tertiary/aromatic N) is 1. The van der Waals surface area contributed by atoms with Crippen molar-refractivity contribution in [1.82, 2.24) is 4.98 Å². The largest absolute Gasteiger partial charge is 0.384 e. The van der Waals surface area contributed by atoms with Crippen molar-refractivity contribution in [2.45, 2.75) is 13.0 Å². The van der Waals surface area contributed by atoms with Gasteiger partial charge >= 0.3 is 0 Å². The van der Waals surface area contributed by atoms with E-state index in [1.165, 1.54) is 12.1 Å². The summed E-state index contributed by atoms with van der Waals surface area (Å²) in [6, 6.07) is 11.5. The number of fused-ring (bicyclic) bond motifs is 1. The van der Waals surface area contributed by atoms with Crippen LogP contribution in [0.15, 0.2) is 48.7 Å². The van der Waals surface area contributed by atoms with Crippen LogP contribution in [0.1, 0.15) is 22.8 Å². The van der Waals surface area contributed by atoms with Crippen molar-refractivity contribution in [3.63, 3.8) is 0 Å². The first-order valence-electron chi connectivity index (χ1n) is 6.55. The van der Waals surface area contributed by atoms with Crippen LogP contribution in [0.4, 0.5) is 4.39 Å². The molecule has 0 saturated carbocycles. The quantitative estimate of drug-likeness (QED) is 0.760. The van der Waals surface area contributed by atoms with Gasteiger partial charge in [-0.2, -0.15) is 0 Å². The number of aliphatic hydroxyl groups excluding tert-OH is 1. The maximum absolute atomic E-state index is 13.5. The molecule has 0 amide bonds. The SMILES string of the molecule is Cc1ccc(F)cc1C(O)c1ccc(Cl)c2cccnc12. The van der Waals surface area contributed by atoms with Crippen LogP contribution < -0.4 is 0 Å². The molecule has 3 rings (SSSR count). The minimum Gasteiger partial charge on any atom is -0.384 e. The Bertz CT molecular complexity index is 819. The Kier molecular flexibility index (Phi) is 3.62. The van der Waals surface area contributed by atoms with Crippen molar-refractivity contribution in [2.24, 2.45) is 0 Å². The average molecular weight is 302 g/mol. The monoisotopic (exact) mass is 301 g/mol. The highest BCUT2D eigenvalue weighted by Gasteiger charge is 2.18. The van der Waals surface area contributed by atoms with Crippen molar-refractivity contribution in [3.05, 3.63) is 76.2 Å². The predicted octanol–water partition coefficient (Wildman–Crippen LogP) is 4.42. The lowest BCUT2D eigenvalue weighted by molar-refractivity contribution is 0.220. The Morgan fingerprint density at radius 2 is 1.95 bits per heavy atom. The summed E-state index contributed by atoms with van der Waals surface area (Å²) in [6.45, 7) is 1.84. The molecule has 1 unspecified atom stereocenters. The Morgan fingerprint density at radius 1 is 1.14 bits per heavy atom. The van der Waals surface area contributed by atoms with Crippen LogP contribution >= 0.6 is 11.6 Å². The van der Waals surface area contributed by atoms with E-state index < -0.39 is 6.10 Å². The highest BCUT2D eigenvalue weighted by Crippen LogP contribution is 2.32. The highest BCUT2D eigenvalue weighted by atomic mass is 35.5. The summed E-state index contributed by atoms with van der Waals surface area (Å²) >= 11 is 6.15. The van der Waals surface area contributed by atoms with Gasteiger partial charge in [-0.3, -0.25) is 4.98 Å². The average Bonchev–Trinajstić information content (AvgIpc) is 2.50. The molecule has 1 N–H and O–H groups in total. The zero-order chi connectivity index (χ0) is 15.0. The van der Waals surface area contributed by atoms with Gasteiger partial charge in [0.2, 0.25) is 0 Å². The van der Waals surface area contributed by atoms with Crippen molar-refractivity contribution < 1.29 is 9.50 Å². The molecule has 1 aromatic heterocycles. The van der Waals surface area contributed by atoms with Crippen LogP contribution in [0.25, 0.3) is 10.9 Å². The van der Waals surface area contributed by atoms with Crippen LogP contribution in [0, 0.1) is 12.7 Å². The molecule has 4 heteroatoms. The smallest absolute Gasteiger partial charge is 0.123 e. The van der Waals surface area contributed by atoms with Gasteiger partial charge in [0.15, 0.2) is 0 Å². The number of hydrogen-bond acceptors (Lipinski definition) is 2. The first-order valence-corrected chi connectivity index (χ1v) is 6.93. The zero-order valence-electron chi connectivity index (χ0n) is 11.3. The molecule has 2 nitrogen and oxygen atoms in total. The summed E-state index contributed by atoms with van der Waals surface area (Å²) in [5, 5.41) is 12.0. The van der Waals surface area contributed by atoms with E-state index in [0.717, 1.165) is 10.9 Å². The third kappa shape index (κ3) is 2.50. The Balaban J connectivity index is 2.20. The van der Waals surface area contributed by atoms with Crippen LogP contribution in [0.2, 0.25) is 5.02 Å². The number of benzene rings is 2. The molecule has 106 valence electrons. The Morgan fingerprint density at radius 3 is 2.76 bits per heavy atom. The van der Waals surface area contributed by atoms with E-state index in [4.69, 9.17) is 11.6 Å². The molecule has 0 fully saturated rings. The maximum atomic E-state index is 13.5. The minimum absolute atomic E-state index is 0.374. The van der Waals surface area contributed by atoms with Gasteiger partial charge in [0.1, 0.15) is 11.9 Å². The number of aryl methyl sites for hydroxylation is 1. The second-order valence-corrected chi connectivity index (χ2v) is 5.35. The first kappa shape index (κ1) is 14.0. The Labute approximate surface area is 126 Å². The zero-order valence-corrected chi connectivity index (χ0v) is 12.1. The highest BCUT2D eigenvalue weighted by molar-refractivity contribution is 6.35. The van der Waals surface area contributed by atoms with E-state index in [2.05, 4.69) is 4.98 Å². The first-order chi connectivity index (χ1) is 10.1. The molecule has 0 radical (unpaired) electrons. The molecule has 0 aliphatic heterocycles. The van der Waals surface area contributed by atoms with Crippen molar-refractivity contribution in [3.8, 4) is 0 Å². The van der Waals surface area contributed by atoms with Crippen LogP contribution in [0.5, 0.6) is 0 Å². The molecule has 0 aliphatic rings. The van der Waals surface area contributed by atoms with E-state index in [0.29, 0.717) is 21.7 Å². The van der Waals surface area contributed by atoms with Crippen LogP contribution in [0.3, 0.4) is 0 Å². The third-order valence-corrected chi connectivity index (χ3v) is 3.91. The molecule has 21 heavy (non-hydrogen) atoms. The molecule has 0 bridgehead atoms. The van der Waals surface area contributed by atoms with Crippen molar-refractivity contribution in [2.75, 3.05) is 0 Å². The van der Waals surface area contributed by atoms with E-state index in [1.54, 1.807) is 30.5 Å². The summed E-state index contributed by atoms with van der Waals surface area (Å²) in [5.74, 6) is -0.374. The summed E-state index contributed by atoms with van der Waals surface area (Å²) < 4.78 is 13.5. The molecule has 1 atom stereocenters. The second kappa shape index (κ2) is 5.43. The van der Waals surface area contributed by atoms with Gasteiger partial charge in [-0.15, -0.1) is 0 Å². The lowest BCUT2D eigenvalue weighted by atomic mass is 9.95. The van der Waals surface area contributed by atoms with Crippen LogP contribution in [-0.4, -0.2) is 10.1 Å². The summed E-state index contributed by atoms with van der Waals surface area (Å²) in [4.78, 5) is 4.30. The molecule has 2 aromatic carbocycles. The van der Waals surface area contributed by atoms with E-state index in [-0.39, 0.29) is 5.82 Å². The molecule has 3 aromatic rings. The topological polar surface area (TPSA) is 33.1 Å². The number of aromatic nitrogens is 1. The fraction of sp³-hybridized carbons (Fsp3) is 0.118. The fourth-order valence-corrected chi connectivity index (χ4v) is 2.67. The number of halogens is 2. The van der Waals surface area contributed by atoms with Crippen molar-refractivity contribution >= 4 is 22.5 Å². The minimum atomic E-state index is -0.949. The Hall–Kier alpha value is -1.97. The van der Waals surface area contributed by atoms with E-state index >= 15 is 0 Å². The van der Waals surface area contributed by atoms with Crippen molar-refractivity contribution in [1.29, 1.82) is 0 Å². The molecule has 0 aliphatic carbocycles. The van der Waals surface area contributed by atoms with Gasteiger partial charge in [0, 0.05) is 22.2 Å². The van der Waals surface area contributed by atoms with Gasteiger partial charge < -0.3 is 5.11 Å². The van der Waals surface area contributed by atoms with E-state index in [1.807, 2.05) is 13.0 Å². The molecular formula is C17H13ClFNO. The summed E-state index contributed by atoms with van der Waals surface area (Å²) in [7, 11) is 0. The maximum Gasteiger partial charge on any atom is 0.123 e. The summed E-state index contributed by atoms with van der Waals surface area (Å²) in [5.41, 5.74) is 2.59. The van der Waals surface area contributed by atoms with Crippen LogP contribution in [-0.2, 0) is 0 Å². The second-order valence-electron chi connectivity index (χ2n) is 4.94. The standard InChI is InChI=1S/C17H13ClFNO/c1-10-4-5-11(19)9-14(10)17(21)13-6-7-15(18)12-3-2-8-20-16(12)13/h2-9,17,21H,1H3. The van der Waals surface area contributed by atoms with Gasteiger partial charge in [-0.1, -0.05) is 23.7 Å². The number of pyridine rings is 1. The third-order valence-electron chi connectivity index (χ3n) is 3.58. The van der Waals surface area contributed by atoms with Gasteiger partial charge in [0.05, 0.1) is 5.52 Å². The molecule has 0 saturated heterocycles. The fourth-order valence-electron chi connectivity index (χ4n) is 2.45. The lowest BCUT2D eigenvalue weighted by Crippen LogP contribution is -2.04. The number of rotatable bonds is 2. The van der Waals surface area contributed by atoms with E-state index in [9.17, 15) is 9.50 Å². The molecule has 0 spiro atoms. The predicted molar refractivity (Wildman–Crippen MR) is 82.0 cm³/mol.